The van der Waals surface area contributed by atoms with E-state index in [1.54, 1.807) is 6.08 Å². The van der Waals surface area contributed by atoms with E-state index in [2.05, 4.69) is 10.2 Å². The average Bonchev–Trinajstić information content (AvgIpc) is 2.70. The minimum absolute atomic E-state index is 0.0763. The molecule has 3 rings (SSSR count). The third-order valence-electron chi connectivity index (χ3n) is 4.71. The first kappa shape index (κ1) is 18.7. The monoisotopic (exact) mass is 361 g/mol. The maximum absolute atomic E-state index is 12.4. The third kappa shape index (κ3) is 4.75. The molecular formula is C22H23N3O2. The van der Waals surface area contributed by atoms with Crippen molar-refractivity contribution in [1.82, 2.24) is 0 Å². The summed E-state index contributed by atoms with van der Waals surface area (Å²) in [7, 11) is 0. The summed E-state index contributed by atoms with van der Waals surface area (Å²) in [6, 6.07) is 15.5. The number of nitrogens with zero attached hydrogens (tertiary/aromatic N) is 2. The van der Waals surface area contributed by atoms with Crippen molar-refractivity contribution in [2.75, 3.05) is 36.5 Å². The molecule has 1 saturated heterocycles. The highest BCUT2D eigenvalue weighted by molar-refractivity contribution is 6.09. The van der Waals surface area contributed by atoms with Crippen LogP contribution in [0.4, 0.5) is 11.4 Å². The van der Waals surface area contributed by atoms with Crippen molar-refractivity contribution in [1.29, 1.82) is 5.26 Å². The van der Waals surface area contributed by atoms with Crippen molar-refractivity contribution < 1.29 is 9.53 Å². The number of hydrogen-bond acceptors (Lipinski definition) is 4. The Morgan fingerprint density at radius 2 is 1.81 bits per heavy atom. The first-order valence-electron chi connectivity index (χ1n) is 9.00. The zero-order valence-corrected chi connectivity index (χ0v) is 15.7. The lowest BCUT2D eigenvalue weighted by molar-refractivity contribution is -0.112. The number of rotatable bonds is 4. The van der Waals surface area contributed by atoms with Gasteiger partial charge < -0.3 is 15.0 Å². The number of hydrogen-bond donors (Lipinski definition) is 1. The molecule has 138 valence electrons. The van der Waals surface area contributed by atoms with Gasteiger partial charge in [-0.1, -0.05) is 18.2 Å². The third-order valence-corrected chi connectivity index (χ3v) is 4.71. The van der Waals surface area contributed by atoms with Crippen LogP contribution in [0.2, 0.25) is 0 Å². The molecule has 1 heterocycles. The molecule has 0 atom stereocenters. The summed E-state index contributed by atoms with van der Waals surface area (Å²) in [6.45, 7) is 7.22. The lowest BCUT2D eigenvalue weighted by Gasteiger charge is -2.28. The van der Waals surface area contributed by atoms with Crippen LogP contribution in [0.15, 0.2) is 48.0 Å². The molecule has 0 spiro atoms. The topological polar surface area (TPSA) is 65.4 Å². The van der Waals surface area contributed by atoms with Crippen molar-refractivity contribution in [3.8, 4) is 6.07 Å². The SMILES string of the molecule is Cc1ccc(NC(=O)/C(C#N)=C\c2ccc(N3CCOCC3)cc2)cc1C. The van der Waals surface area contributed by atoms with E-state index >= 15 is 0 Å². The Balaban J connectivity index is 1.72. The molecule has 2 aromatic rings. The van der Waals surface area contributed by atoms with Gasteiger partial charge in [0.05, 0.1) is 13.2 Å². The molecule has 1 amide bonds. The molecule has 0 saturated carbocycles. The van der Waals surface area contributed by atoms with Crippen molar-refractivity contribution >= 4 is 23.4 Å². The van der Waals surface area contributed by atoms with Crippen LogP contribution < -0.4 is 10.2 Å². The first-order valence-corrected chi connectivity index (χ1v) is 9.00. The van der Waals surface area contributed by atoms with E-state index in [9.17, 15) is 10.1 Å². The number of carbonyl (C=O) groups is 1. The molecule has 2 aromatic carbocycles. The summed E-state index contributed by atoms with van der Waals surface area (Å²) in [6.07, 6.45) is 1.61. The fourth-order valence-corrected chi connectivity index (χ4v) is 2.94. The quantitative estimate of drug-likeness (QED) is 0.666. The highest BCUT2D eigenvalue weighted by atomic mass is 16.5. The molecular weight excluding hydrogens is 338 g/mol. The fraction of sp³-hybridized carbons (Fsp3) is 0.273. The van der Waals surface area contributed by atoms with Crippen molar-refractivity contribution in [2.45, 2.75) is 13.8 Å². The van der Waals surface area contributed by atoms with Gasteiger partial charge in [-0.2, -0.15) is 5.26 Å². The Kier molecular flexibility index (Phi) is 5.90. The molecule has 1 fully saturated rings. The lowest BCUT2D eigenvalue weighted by Crippen LogP contribution is -2.36. The summed E-state index contributed by atoms with van der Waals surface area (Å²) in [5.41, 5.74) is 4.95. The van der Waals surface area contributed by atoms with E-state index in [0.29, 0.717) is 5.69 Å². The number of morpholine rings is 1. The van der Waals surface area contributed by atoms with Crippen molar-refractivity contribution in [2.24, 2.45) is 0 Å². The fourth-order valence-electron chi connectivity index (χ4n) is 2.94. The highest BCUT2D eigenvalue weighted by Crippen LogP contribution is 2.19. The second-order valence-corrected chi connectivity index (χ2v) is 6.61. The standard InChI is InChI=1S/C22H23N3O2/c1-16-3-6-20(13-17(16)2)24-22(26)19(15-23)14-18-4-7-21(8-5-18)25-9-11-27-12-10-25/h3-8,13-14H,9-12H2,1-2H3,(H,24,26)/b19-14-. The summed E-state index contributed by atoms with van der Waals surface area (Å²) >= 11 is 0. The molecule has 5 nitrogen and oxygen atoms in total. The number of anilines is 2. The van der Waals surface area contributed by atoms with Gasteiger partial charge in [0.2, 0.25) is 0 Å². The van der Waals surface area contributed by atoms with Gasteiger partial charge in [-0.3, -0.25) is 4.79 Å². The average molecular weight is 361 g/mol. The van der Waals surface area contributed by atoms with Gasteiger partial charge in [0.25, 0.3) is 5.91 Å². The first-order chi connectivity index (χ1) is 13.1. The lowest BCUT2D eigenvalue weighted by atomic mass is 10.1. The number of nitriles is 1. The molecule has 0 aliphatic carbocycles. The van der Waals surface area contributed by atoms with Gasteiger partial charge in [0.15, 0.2) is 0 Å². The Hall–Kier alpha value is -3.10. The minimum Gasteiger partial charge on any atom is -0.378 e. The molecule has 0 aromatic heterocycles. The summed E-state index contributed by atoms with van der Waals surface area (Å²) in [5, 5.41) is 12.2. The highest BCUT2D eigenvalue weighted by Gasteiger charge is 2.12. The van der Waals surface area contributed by atoms with Crippen LogP contribution in [0.3, 0.4) is 0 Å². The van der Waals surface area contributed by atoms with Crippen LogP contribution in [-0.4, -0.2) is 32.2 Å². The minimum atomic E-state index is -0.405. The number of aryl methyl sites for hydroxylation is 2. The molecule has 27 heavy (non-hydrogen) atoms. The Bertz CT molecular complexity index is 889. The Morgan fingerprint density at radius 3 is 2.44 bits per heavy atom. The normalized spacial score (nSPS) is 14.6. The summed E-state index contributed by atoms with van der Waals surface area (Å²) in [5.74, 6) is -0.405. The van der Waals surface area contributed by atoms with E-state index in [4.69, 9.17) is 4.74 Å². The number of nitrogens with one attached hydrogen (secondary N) is 1. The molecule has 1 N–H and O–H groups in total. The number of ether oxygens (including phenoxy) is 1. The molecule has 1 aliphatic heterocycles. The maximum atomic E-state index is 12.4. The van der Waals surface area contributed by atoms with Gasteiger partial charge in [-0.05, 0) is 60.9 Å². The number of amides is 1. The number of benzene rings is 2. The van der Waals surface area contributed by atoms with Gasteiger partial charge >= 0.3 is 0 Å². The van der Waals surface area contributed by atoms with Crippen LogP contribution in [0, 0.1) is 25.2 Å². The van der Waals surface area contributed by atoms with Gasteiger partial charge in [-0.15, -0.1) is 0 Å². The summed E-state index contributed by atoms with van der Waals surface area (Å²) in [4.78, 5) is 14.7. The summed E-state index contributed by atoms with van der Waals surface area (Å²) < 4.78 is 5.37. The van der Waals surface area contributed by atoms with E-state index in [1.807, 2.05) is 62.4 Å². The smallest absolute Gasteiger partial charge is 0.266 e. The Labute approximate surface area is 159 Å². The van der Waals surface area contributed by atoms with Gasteiger partial charge in [-0.25, -0.2) is 0 Å². The van der Waals surface area contributed by atoms with Crippen LogP contribution in [0.5, 0.6) is 0 Å². The molecule has 5 heteroatoms. The Morgan fingerprint density at radius 1 is 1.11 bits per heavy atom. The zero-order chi connectivity index (χ0) is 19.2. The van der Waals surface area contributed by atoms with Crippen molar-refractivity contribution in [3.05, 3.63) is 64.7 Å². The second-order valence-electron chi connectivity index (χ2n) is 6.61. The van der Waals surface area contributed by atoms with E-state index in [1.165, 1.54) is 0 Å². The van der Waals surface area contributed by atoms with Crippen LogP contribution in [0.25, 0.3) is 6.08 Å². The van der Waals surface area contributed by atoms with E-state index in [0.717, 1.165) is 48.7 Å². The second kappa shape index (κ2) is 8.52. The molecule has 0 bridgehead atoms. The van der Waals surface area contributed by atoms with Gasteiger partial charge in [0.1, 0.15) is 11.6 Å². The van der Waals surface area contributed by atoms with Crippen LogP contribution in [-0.2, 0) is 9.53 Å². The molecule has 0 radical (unpaired) electrons. The van der Waals surface area contributed by atoms with E-state index in [-0.39, 0.29) is 5.57 Å². The number of carbonyl (C=O) groups excluding carboxylic acids is 1. The van der Waals surface area contributed by atoms with Crippen LogP contribution in [0.1, 0.15) is 16.7 Å². The van der Waals surface area contributed by atoms with Crippen LogP contribution >= 0.6 is 0 Å². The molecule has 1 aliphatic rings. The van der Waals surface area contributed by atoms with Gasteiger partial charge in [0, 0.05) is 24.5 Å². The zero-order valence-electron chi connectivity index (χ0n) is 15.7. The molecule has 0 unspecified atom stereocenters. The predicted molar refractivity (Wildman–Crippen MR) is 108 cm³/mol. The maximum Gasteiger partial charge on any atom is 0.266 e. The largest absolute Gasteiger partial charge is 0.378 e. The van der Waals surface area contributed by atoms with E-state index < -0.39 is 5.91 Å². The van der Waals surface area contributed by atoms with Crippen molar-refractivity contribution in [3.63, 3.8) is 0 Å². The predicted octanol–water partition coefficient (Wildman–Crippen LogP) is 3.69.